The second-order valence-electron chi connectivity index (χ2n) is 4.62. The molecule has 3 heteroatoms. The van der Waals surface area contributed by atoms with Crippen LogP contribution in [0.2, 0.25) is 0 Å². The summed E-state index contributed by atoms with van der Waals surface area (Å²) >= 11 is 0. The Balaban J connectivity index is 2.58. The molecule has 76 valence electrons. The van der Waals surface area contributed by atoms with Gasteiger partial charge in [-0.05, 0) is 33.6 Å². The van der Waals surface area contributed by atoms with Crippen molar-refractivity contribution in [3.05, 3.63) is 0 Å². The first-order chi connectivity index (χ1) is 5.87. The van der Waals surface area contributed by atoms with Crippen LogP contribution in [0, 0.1) is 0 Å². The smallest absolute Gasteiger partial charge is 0.122 e. The molecule has 1 heterocycles. The molecule has 0 aliphatic carbocycles. The maximum Gasteiger partial charge on any atom is 0.122 e. The molecule has 1 aliphatic rings. The molecule has 0 aromatic carbocycles. The maximum absolute atomic E-state index is 10.4. The van der Waals surface area contributed by atoms with Gasteiger partial charge in [0.15, 0.2) is 0 Å². The van der Waals surface area contributed by atoms with Crippen LogP contribution in [0.25, 0.3) is 0 Å². The van der Waals surface area contributed by atoms with Crippen molar-refractivity contribution in [2.45, 2.75) is 57.3 Å². The van der Waals surface area contributed by atoms with Crippen LogP contribution < -0.4 is 0 Å². The number of ether oxygens (including phenoxy) is 1. The molecule has 0 radical (unpaired) electrons. The Morgan fingerprint density at radius 3 is 2.69 bits per heavy atom. The van der Waals surface area contributed by atoms with Crippen molar-refractivity contribution in [1.29, 1.82) is 0 Å². The summed E-state index contributed by atoms with van der Waals surface area (Å²) in [6.45, 7) is 5.40. The molecule has 0 bridgehead atoms. The van der Waals surface area contributed by atoms with Gasteiger partial charge in [0.1, 0.15) is 6.29 Å². The predicted molar refractivity (Wildman–Crippen MR) is 49.5 cm³/mol. The molecule has 1 fully saturated rings. The van der Waals surface area contributed by atoms with Gasteiger partial charge in [-0.15, -0.1) is 0 Å². The molecular weight excluding hydrogens is 168 g/mol. The van der Waals surface area contributed by atoms with E-state index in [0.717, 1.165) is 19.1 Å². The quantitative estimate of drug-likeness (QED) is 0.675. The van der Waals surface area contributed by atoms with E-state index in [1.54, 1.807) is 13.8 Å². The van der Waals surface area contributed by atoms with E-state index in [-0.39, 0.29) is 11.7 Å². The van der Waals surface area contributed by atoms with Crippen LogP contribution in [0.4, 0.5) is 0 Å². The fourth-order valence-corrected chi connectivity index (χ4v) is 1.72. The zero-order chi connectivity index (χ0) is 10.1. The third kappa shape index (κ3) is 2.51. The minimum atomic E-state index is -0.805. The average molecular weight is 186 g/mol. The topological polar surface area (TPSA) is 46.5 Å². The first-order valence-corrected chi connectivity index (χ1v) is 4.71. The molecule has 0 saturated carbocycles. The molecular formula is C10H18O3. The molecule has 0 amide bonds. The average Bonchev–Trinajstić information content (AvgIpc) is 2.31. The highest BCUT2D eigenvalue weighted by Gasteiger charge is 2.41. The second-order valence-corrected chi connectivity index (χ2v) is 4.62. The molecule has 0 aromatic heterocycles. The number of aldehydes is 1. The van der Waals surface area contributed by atoms with Crippen LogP contribution in [-0.2, 0) is 9.53 Å². The van der Waals surface area contributed by atoms with E-state index in [4.69, 9.17) is 4.74 Å². The van der Waals surface area contributed by atoms with Crippen molar-refractivity contribution < 1.29 is 14.6 Å². The molecule has 13 heavy (non-hydrogen) atoms. The molecule has 0 aromatic rings. The van der Waals surface area contributed by atoms with Gasteiger partial charge in [0.25, 0.3) is 0 Å². The summed E-state index contributed by atoms with van der Waals surface area (Å²) in [6, 6.07) is 0. The largest absolute Gasteiger partial charge is 0.388 e. The Morgan fingerprint density at radius 1 is 1.69 bits per heavy atom. The van der Waals surface area contributed by atoms with Crippen molar-refractivity contribution in [2.75, 3.05) is 0 Å². The van der Waals surface area contributed by atoms with Crippen molar-refractivity contribution in [2.24, 2.45) is 0 Å². The maximum atomic E-state index is 10.4. The fraction of sp³-hybridized carbons (Fsp3) is 0.900. The van der Waals surface area contributed by atoms with E-state index >= 15 is 0 Å². The lowest BCUT2D eigenvalue weighted by molar-refractivity contribution is -0.128. The number of aliphatic hydroxyl groups is 1. The van der Waals surface area contributed by atoms with Crippen molar-refractivity contribution in [1.82, 2.24) is 0 Å². The van der Waals surface area contributed by atoms with Crippen LogP contribution in [0.5, 0.6) is 0 Å². The Bertz CT molecular complexity index is 195. The van der Waals surface area contributed by atoms with Crippen molar-refractivity contribution >= 4 is 6.29 Å². The zero-order valence-corrected chi connectivity index (χ0v) is 8.54. The standard InChI is InChI=1S/C10H18O3/c1-9(2,12)8-4-5-10(3,13-8)6-7-11/h7-8,12H,4-6H2,1-3H3/t8-,10+/m1/s1. The number of carbonyl (C=O) groups is 1. The highest BCUT2D eigenvalue weighted by Crippen LogP contribution is 2.36. The Kier molecular flexibility index (Phi) is 2.78. The van der Waals surface area contributed by atoms with E-state index in [1.165, 1.54) is 0 Å². The van der Waals surface area contributed by atoms with Crippen LogP contribution in [0.15, 0.2) is 0 Å². The molecule has 1 saturated heterocycles. The second kappa shape index (κ2) is 3.39. The van der Waals surface area contributed by atoms with Gasteiger partial charge in [0.2, 0.25) is 0 Å². The minimum absolute atomic E-state index is 0.141. The van der Waals surface area contributed by atoms with E-state index in [9.17, 15) is 9.90 Å². The van der Waals surface area contributed by atoms with Crippen molar-refractivity contribution in [3.8, 4) is 0 Å². The summed E-state index contributed by atoms with van der Waals surface area (Å²) in [5.74, 6) is 0. The van der Waals surface area contributed by atoms with E-state index in [0.29, 0.717) is 6.42 Å². The van der Waals surface area contributed by atoms with Gasteiger partial charge in [-0.1, -0.05) is 0 Å². The molecule has 1 N–H and O–H groups in total. The highest BCUT2D eigenvalue weighted by atomic mass is 16.5. The summed E-state index contributed by atoms with van der Waals surface area (Å²) in [5.41, 5.74) is -1.16. The summed E-state index contributed by atoms with van der Waals surface area (Å²) in [7, 11) is 0. The Labute approximate surface area is 79.1 Å². The minimum Gasteiger partial charge on any atom is -0.388 e. The lowest BCUT2D eigenvalue weighted by Gasteiger charge is -2.28. The SMILES string of the molecule is CC(C)(O)[C@H]1CC[C@@](C)(CC=O)O1. The van der Waals surface area contributed by atoms with Gasteiger partial charge < -0.3 is 14.6 Å². The third-order valence-electron chi connectivity index (χ3n) is 2.67. The van der Waals surface area contributed by atoms with Crippen LogP contribution in [-0.4, -0.2) is 28.7 Å². The monoisotopic (exact) mass is 186 g/mol. The lowest BCUT2D eigenvalue weighted by Crippen LogP contribution is -2.38. The summed E-state index contributed by atoms with van der Waals surface area (Å²) < 4.78 is 5.67. The van der Waals surface area contributed by atoms with Gasteiger partial charge in [0.05, 0.1) is 17.3 Å². The first kappa shape index (κ1) is 10.7. The van der Waals surface area contributed by atoms with Crippen LogP contribution in [0.3, 0.4) is 0 Å². The number of hydrogen-bond acceptors (Lipinski definition) is 3. The third-order valence-corrected chi connectivity index (χ3v) is 2.67. The van der Waals surface area contributed by atoms with Crippen molar-refractivity contribution in [3.63, 3.8) is 0 Å². The van der Waals surface area contributed by atoms with E-state index < -0.39 is 5.60 Å². The molecule has 0 unspecified atom stereocenters. The normalized spacial score (nSPS) is 34.9. The Morgan fingerprint density at radius 2 is 2.31 bits per heavy atom. The molecule has 1 aliphatic heterocycles. The van der Waals surface area contributed by atoms with Gasteiger partial charge >= 0.3 is 0 Å². The fourth-order valence-electron chi connectivity index (χ4n) is 1.72. The van der Waals surface area contributed by atoms with Gasteiger partial charge in [0, 0.05) is 6.42 Å². The Hall–Kier alpha value is -0.410. The number of carbonyl (C=O) groups excluding carboxylic acids is 1. The lowest BCUT2D eigenvalue weighted by atomic mass is 9.96. The van der Waals surface area contributed by atoms with Crippen LogP contribution >= 0.6 is 0 Å². The summed E-state index contributed by atoms with van der Waals surface area (Å²) in [6.07, 6.45) is 2.83. The highest BCUT2D eigenvalue weighted by molar-refractivity contribution is 5.51. The molecule has 3 nitrogen and oxygen atoms in total. The number of hydrogen-bond donors (Lipinski definition) is 1. The van der Waals surface area contributed by atoms with Gasteiger partial charge in [-0.3, -0.25) is 0 Å². The van der Waals surface area contributed by atoms with E-state index in [1.807, 2.05) is 6.92 Å². The van der Waals surface area contributed by atoms with Crippen LogP contribution in [0.1, 0.15) is 40.0 Å². The molecule has 2 atom stereocenters. The predicted octanol–water partition coefficient (Wildman–Crippen LogP) is 1.28. The number of rotatable bonds is 3. The first-order valence-electron chi connectivity index (χ1n) is 4.71. The molecule has 0 spiro atoms. The molecule has 1 rings (SSSR count). The van der Waals surface area contributed by atoms with E-state index in [2.05, 4.69) is 0 Å². The van der Waals surface area contributed by atoms with Gasteiger partial charge in [-0.2, -0.15) is 0 Å². The summed E-state index contributed by atoms with van der Waals surface area (Å²) in [4.78, 5) is 10.4. The van der Waals surface area contributed by atoms with Gasteiger partial charge in [-0.25, -0.2) is 0 Å². The summed E-state index contributed by atoms with van der Waals surface area (Å²) in [5, 5.41) is 9.70. The zero-order valence-electron chi connectivity index (χ0n) is 8.54.